The first-order valence-corrected chi connectivity index (χ1v) is 4.61. The second-order valence-electron chi connectivity index (χ2n) is 3.49. The average molecular weight is 165 g/mol. The van der Waals surface area contributed by atoms with E-state index in [1.165, 1.54) is 19.3 Å². The lowest BCUT2D eigenvalue weighted by atomic mass is 9.92. The molecule has 3 nitrogen and oxygen atoms in total. The summed E-state index contributed by atoms with van der Waals surface area (Å²) in [7, 11) is 0. The molecule has 1 heterocycles. The molecule has 0 spiro atoms. The third-order valence-corrected chi connectivity index (χ3v) is 2.52. The van der Waals surface area contributed by atoms with Crippen LogP contribution in [0.2, 0.25) is 0 Å². The van der Waals surface area contributed by atoms with Gasteiger partial charge < -0.3 is 10.3 Å². The van der Waals surface area contributed by atoms with E-state index in [1.807, 2.05) is 6.20 Å². The van der Waals surface area contributed by atoms with Crippen molar-refractivity contribution < 1.29 is 0 Å². The molecule has 0 radical (unpaired) electrons. The van der Waals surface area contributed by atoms with Crippen molar-refractivity contribution in [2.75, 3.05) is 0 Å². The van der Waals surface area contributed by atoms with Gasteiger partial charge in [-0.1, -0.05) is 6.42 Å². The third-order valence-electron chi connectivity index (χ3n) is 2.52. The monoisotopic (exact) mass is 165 g/mol. The molecule has 3 heteroatoms. The molecule has 1 fully saturated rings. The van der Waals surface area contributed by atoms with E-state index in [0.29, 0.717) is 6.04 Å². The maximum atomic E-state index is 4.21. The smallest absolute Gasteiger partial charge is 0.122 e. The number of aromatic nitrogens is 2. The highest BCUT2D eigenvalue weighted by Gasteiger charge is 2.20. The van der Waals surface area contributed by atoms with E-state index >= 15 is 0 Å². The van der Waals surface area contributed by atoms with Gasteiger partial charge in [0.2, 0.25) is 0 Å². The second kappa shape index (κ2) is 3.27. The summed E-state index contributed by atoms with van der Waals surface area (Å²) in [5.41, 5.74) is 0. The van der Waals surface area contributed by atoms with E-state index in [0.717, 1.165) is 11.9 Å². The first kappa shape index (κ1) is 7.80. The fourth-order valence-electron chi connectivity index (χ4n) is 1.52. The summed E-state index contributed by atoms with van der Waals surface area (Å²) in [6.45, 7) is 2.15. The number of nitrogens with zero attached hydrogens (tertiary/aromatic N) is 1. The molecule has 2 N–H and O–H groups in total. The van der Waals surface area contributed by atoms with Crippen molar-refractivity contribution in [2.45, 2.75) is 38.3 Å². The zero-order valence-electron chi connectivity index (χ0n) is 7.38. The highest BCUT2D eigenvalue weighted by molar-refractivity contribution is 4.95. The first-order valence-electron chi connectivity index (χ1n) is 4.61. The summed E-state index contributed by atoms with van der Waals surface area (Å²) in [6, 6.07) is 1.09. The van der Waals surface area contributed by atoms with E-state index in [4.69, 9.17) is 0 Å². The van der Waals surface area contributed by atoms with Crippen LogP contribution in [-0.2, 0) is 0 Å². The quantitative estimate of drug-likeness (QED) is 0.714. The van der Waals surface area contributed by atoms with Crippen LogP contribution in [0.1, 0.15) is 38.1 Å². The summed E-state index contributed by atoms with van der Waals surface area (Å²) in [5.74, 6) is 1.04. The fourth-order valence-corrected chi connectivity index (χ4v) is 1.52. The number of hydrogen-bond acceptors (Lipinski definition) is 2. The molecule has 1 aromatic rings. The van der Waals surface area contributed by atoms with Crippen molar-refractivity contribution >= 4 is 0 Å². The van der Waals surface area contributed by atoms with Crippen molar-refractivity contribution in [3.05, 3.63) is 18.2 Å². The molecule has 1 unspecified atom stereocenters. The largest absolute Gasteiger partial charge is 0.347 e. The molecule has 1 aliphatic carbocycles. The molecule has 1 aliphatic rings. The summed E-state index contributed by atoms with van der Waals surface area (Å²) in [4.78, 5) is 7.33. The number of H-pyrrole nitrogens is 1. The predicted molar refractivity (Wildman–Crippen MR) is 47.8 cm³/mol. The van der Waals surface area contributed by atoms with Crippen LogP contribution < -0.4 is 5.32 Å². The third kappa shape index (κ3) is 1.50. The zero-order chi connectivity index (χ0) is 8.39. The van der Waals surface area contributed by atoms with Gasteiger partial charge in [-0.05, 0) is 19.8 Å². The molecule has 0 aliphatic heterocycles. The molecular weight excluding hydrogens is 150 g/mol. The summed E-state index contributed by atoms with van der Waals surface area (Å²) in [5, 5.41) is 3.52. The summed E-state index contributed by atoms with van der Waals surface area (Å²) in [6.07, 6.45) is 7.70. The number of imidazole rings is 1. The van der Waals surface area contributed by atoms with Crippen LogP contribution >= 0.6 is 0 Å². The van der Waals surface area contributed by atoms with Crippen LogP contribution in [0.4, 0.5) is 0 Å². The Kier molecular flexibility index (Phi) is 2.13. The van der Waals surface area contributed by atoms with Gasteiger partial charge in [0.1, 0.15) is 5.82 Å². The molecule has 1 saturated carbocycles. The van der Waals surface area contributed by atoms with Gasteiger partial charge in [0, 0.05) is 18.4 Å². The van der Waals surface area contributed by atoms with Crippen LogP contribution in [0.15, 0.2) is 12.4 Å². The van der Waals surface area contributed by atoms with Crippen LogP contribution in [0.5, 0.6) is 0 Å². The Balaban J connectivity index is 1.87. The van der Waals surface area contributed by atoms with E-state index in [2.05, 4.69) is 22.2 Å². The minimum Gasteiger partial charge on any atom is -0.347 e. The summed E-state index contributed by atoms with van der Waals surface area (Å²) >= 11 is 0. The molecule has 0 bridgehead atoms. The van der Waals surface area contributed by atoms with Gasteiger partial charge in [-0.25, -0.2) is 4.98 Å². The molecular formula is C9H15N3. The summed E-state index contributed by atoms with van der Waals surface area (Å²) < 4.78 is 0. The van der Waals surface area contributed by atoms with Crippen molar-refractivity contribution in [1.82, 2.24) is 15.3 Å². The lowest BCUT2D eigenvalue weighted by Gasteiger charge is -2.29. The van der Waals surface area contributed by atoms with E-state index < -0.39 is 0 Å². The highest BCUT2D eigenvalue weighted by Crippen LogP contribution is 2.21. The predicted octanol–water partition coefficient (Wildman–Crippen LogP) is 1.61. The topological polar surface area (TPSA) is 40.7 Å². The Hall–Kier alpha value is -0.830. The van der Waals surface area contributed by atoms with Crippen molar-refractivity contribution in [2.24, 2.45) is 0 Å². The Morgan fingerprint density at radius 1 is 1.67 bits per heavy atom. The Morgan fingerprint density at radius 2 is 2.50 bits per heavy atom. The van der Waals surface area contributed by atoms with Gasteiger partial charge in [-0.3, -0.25) is 0 Å². The van der Waals surface area contributed by atoms with Crippen molar-refractivity contribution in [1.29, 1.82) is 0 Å². The molecule has 2 rings (SSSR count). The molecule has 1 aromatic heterocycles. The van der Waals surface area contributed by atoms with Crippen LogP contribution in [0.3, 0.4) is 0 Å². The number of hydrogen-bond donors (Lipinski definition) is 2. The first-order chi connectivity index (χ1) is 5.86. The maximum absolute atomic E-state index is 4.21. The molecule has 12 heavy (non-hydrogen) atoms. The zero-order valence-corrected chi connectivity index (χ0v) is 7.38. The molecule has 0 amide bonds. The Morgan fingerprint density at radius 3 is 3.00 bits per heavy atom. The SMILES string of the molecule is CC(NC1CCC1)c1ncc[nH]1. The molecule has 1 atom stereocenters. The minimum atomic E-state index is 0.366. The highest BCUT2D eigenvalue weighted by atomic mass is 15.0. The number of aromatic amines is 1. The number of nitrogens with one attached hydrogen (secondary N) is 2. The van der Waals surface area contributed by atoms with Gasteiger partial charge in [0.25, 0.3) is 0 Å². The van der Waals surface area contributed by atoms with Crippen LogP contribution in [0.25, 0.3) is 0 Å². The Labute approximate surface area is 72.6 Å². The lowest BCUT2D eigenvalue weighted by Crippen LogP contribution is -2.37. The van der Waals surface area contributed by atoms with Gasteiger partial charge in [-0.15, -0.1) is 0 Å². The van der Waals surface area contributed by atoms with E-state index in [9.17, 15) is 0 Å². The standard InChI is InChI=1S/C9H15N3/c1-7(9-10-5-6-11-9)12-8-3-2-4-8/h5-8,12H,2-4H2,1H3,(H,10,11). The minimum absolute atomic E-state index is 0.366. The van der Waals surface area contributed by atoms with E-state index in [1.54, 1.807) is 6.20 Å². The van der Waals surface area contributed by atoms with Gasteiger partial charge >= 0.3 is 0 Å². The normalized spacial score (nSPS) is 20.4. The van der Waals surface area contributed by atoms with Gasteiger partial charge in [-0.2, -0.15) is 0 Å². The van der Waals surface area contributed by atoms with Gasteiger partial charge in [0.05, 0.1) is 6.04 Å². The van der Waals surface area contributed by atoms with Crippen molar-refractivity contribution in [3.8, 4) is 0 Å². The molecule has 0 aromatic carbocycles. The van der Waals surface area contributed by atoms with Gasteiger partial charge in [0.15, 0.2) is 0 Å². The van der Waals surface area contributed by atoms with Crippen LogP contribution in [-0.4, -0.2) is 16.0 Å². The van der Waals surface area contributed by atoms with Crippen LogP contribution in [0, 0.1) is 0 Å². The van der Waals surface area contributed by atoms with E-state index in [-0.39, 0.29) is 0 Å². The fraction of sp³-hybridized carbons (Fsp3) is 0.667. The number of rotatable bonds is 3. The second-order valence-corrected chi connectivity index (χ2v) is 3.49. The lowest BCUT2D eigenvalue weighted by molar-refractivity contribution is 0.309. The maximum Gasteiger partial charge on any atom is 0.122 e. The Bertz CT molecular complexity index is 226. The molecule has 0 saturated heterocycles. The molecule has 66 valence electrons. The van der Waals surface area contributed by atoms with Crippen molar-refractivity contribution in [3.63, 3.8) is 0 Å². The average Bonchev–Trinajstić information content (AvgIpc) is 2.47.